The van der Waals surface area contributed by atoms with Crippen molar-refractivity contribution >= 4 is 11.7 Å². The Bertz CT molecular complexity index is 1290. The third-order valence-corrected chi connectivity index (χ3v) is 5.62. The smallest absolute Gasteiger partial charge is 0.252 e. The monoisotopic (exact) mass is 425 g/mol. The fourth-order valence-electron chi connectivity index (χ4n) is 4.25. The van der Waals surface area contributed by atoms with Gasteiger partial charge in [0.15, 0.2) is 0 Å². The molecule has 0 aliphatic carbocycles. The van der Waals surface area contributed by atoms with Gasteiger partial charge in [0, 0.05) is 34.9 Å². The number of aryl methyl sites for hydroxylation is 2. The summed E-state index contributed by atoms with van der Waals surface area (Å²) in [4.78, 5) is 22.0. The van der Waals surface area contributed by atoms with Gasteiger partial charge in [-0.3, -0.25) is 4.79 Å². The van der Waals surface area contributed by atoms with Crippen molar-refractivity contribution < 1.29 is 9.53 Å². The lowest BCUT2D eigenvalue weighted by atomic mass is 9.84. The maximum atomic E-state index is 12.8. The molecule has 7 nitrogen and oxygen atoms in total. The van der Waals surface area contributed by atoms with Crippen molar-refractivity contribution in [3.63, 3.8) is 0 Å². The van der Waals surface area contributed by atoms with Gasteiger partial charge in [0.25, 0.3) is 5.95 Å². The van der Waals surface area contributed by atoms with E-state index in [0.717, 1.165) is 39.5 Å². The van der Waals surface area contributed by atoms with Gasteiger partial charge in [-0.1, -0.05) is 42.5 Å². The SMILES string of the molecule is COc1cccc(C2CC(=O)Nc3c2c(-c2ccccc2)nn3-c2nc(C)cc(C)n2)c1. The highest BCUT2D eigenvalue weighted by molar-refractivity contribution is 5.96. The second kappa shape index (κ2) is 7.92. The summed E-state index contributed by atoms with van der Waals surface area (Å²) < 4.78 is 7.09. The van der Waals surface area contributed by atoms with E-state index in [0.29, 0.717) is 18.2 Å². The number of amides is 1. The maximum absolute atomic E-state index is 12.8. The first-order valence-electron chi connectivity index (χ1n) is 10.5. The lowest BCUT2D eigenvalue weighted by Crippen LogP contribution is -2.25. The number of rotatable bonds is 4. The number of fused-ring (bicyclic) bond motifs is 1. The summed E-state index contributed by atoms with van der Waals surface area (Å²) in [5.41, 5.74) is 5.39. The number of carbonyl (C=O) groups is 1. The normalized spacial score (nSPS) is 15.2. The van der Waals surface area contributed by atoms with Crippen LogP contribution in [0.5, 0.6) is 5.75 Å². The van der Waals surface area contributed by atoms with Gasteiger partial charge in [0.2, 0.25) is 5.91 Å². The van der Waals surface area contributed by atoms with E-state index in [2.05, 4.69) is 15.3 Å². The quantitative estimate of drug-likeness (QED) is 0.523. The molecular weight excluding hydrogens is 402 g/mol. The van der Waals surface area contributed by atoms with Crippen LogP contribution in [0.2, 0.25) is 0 Å². The summed E-state index contributed by atoms with van der Waals surface area (Å²) in [7, 11) is 1.64. The van der Waals surface area contributed by atoms with E-state index in [9.17, 15) is 4.79 Å². The van der Waals surface area contributed by atoms with Gasteiger partial charge in [-0.2, -0.15) is 9.78 Å². The molecule has 0 bridgehead atoms. The Kier molecular flexibility index (Phi) is 4.93. The van der Waals surface area contributed by atoms with Crippen LogP contribution in [0.1, 0.15) is 34.9 Å². The van der Waals surface area contributed by atoms with Crippen molar-refractivity contribution in [1.29, 1.82) is 0 Å². The van der Waals surface area contributed by atoms with Crippen LogP contribution in [0.25, 0.3) is 17.2 Å². The first kappa shape index (κ1) is 19.9. The molecule has 160 valence electrons. The Labute approximate surface area is 186 Å². The third kappa shape index (κ3) is 3.51. The highest BCUT2D eigenvalue weighted by Gasteiger charge is 2.35. The molecule has 0 radical (unpaired) electrons. The second-order valence-electron chi connectivity index (χ2n) is 7.92. The molecule has 5 rings (SSSR count). The van der Waals surface area contributed by atoms with Crippen molar-refractivity contribution in [3.05, 3.63) is 83.2 Å². The molecular formula is C25H23N5O2. The van der Waals surface area contributed by atoms with Gasteiger partial charge >= 0.3 is 0 Å². The maximum Gasteiger partial charge on any atom is 0.252 e. The number of carbonyl (C=O) groups excluding carboxylic acids is 1. The topological polar surface area (TPSA) is 81.9 Å². The summed E-state index contributed by atoms with van der Waals surface area (Å²) >= 11 is 0. The predicted molar refractivity (Wildman–Crippen MR) is 122 cm³/mol. The van der Waals surface area contributed by atoms with E-state index >= 15 is 0 Å². The number of methoxy groups -OCH3 is 1. The number of nitrogens with one attached hydrogen (secondary N) is 1. The van der Waals surface area contributed by atoms with Gasteiger partial charge in [0.1, 0.15) is 11.6 Å². The van der Waals surface area contributed by atoms with Crippen molar-refractivity contribution in [2.75, 3.05) is 12.4 Å². The van der Waals surface area contributed by atoms with Crippen LogP contribution in [-0.4, -0.2) is 32.8 Å². The van der Waals surface area contributed by atoms with Gasteiger partial charge in [-0.05, 0) is 37.6 Å². The zero-order valence-corrected chi connectivity index (χ0v) is 18.2. The number of anilines is 1. The fraction of sp³-hybridized carbons (Fsp3) is 0.200. The largest absolute Gasteiger partial charge is 0.497 e. The van der Waals surface area contributed by atoms with Crippen molar-refractivity contribution in [1.82, 2.24) is 19.7 Å². The zero-order valence-electron chi connectivity index (χ0n) is 18.2. The molecule has 1 aliphatic rings. The van der Waals surface area contributed by atoms with Crippen LogP contribution in [0, 0.1) is 13.8 Å². The summed E-state index contributed by atoms with van der Waals surface area (Å²) in [5.74, 6) is 1.55. The second-order valence-corrected chi connectivity index (χ2v) is 7.92. The number of hydrogen-bond acceptors (Lipinski definition) is 5. The van der Waals surface area contributed by atoms with Crippen LogP contribution >= 0.6 is 0 Å². The summed E-state index contributed by atoms with van der Waals surface area (Å²) in [5, 5.41) is 7.95. The minimum Gasteiger partial charge on any atom is -0.497 e. The Morgan fingerprint density at radius 2 is 1.75 bits per heavy atom. The van der Waals surface area contributed by atoms with E-state index in [1.165, 1.54) is 0 Å². The van der Waals surface area contributed by atoms with E-state index in [1.807, 2.05) is 74.5 Å². The molecule has 0 saturated carbocycles. The third-order valence-electron chi connectivity index (χ3n) is 5.62. The first-order valence-corrected chi connectivity index (χ1v) is 10.5. The van der Waals surface area contributed by atoms with Gasteiger partial charge < -0.3 is 10.1 Å². The molecule has 0 spiro atoms. The zero-order chi connectivity index (χ0) is 22.2. The number of nitrogens with zero attached hydrogens (tertiary/aromatic N) is 4. The van der Waals surface area contributed by atoms with Crippen LogP contribution in [-0.2, 0) is 4.79 Å². The summed E-state index contributed by atoms with van der Waals surface area (Å²) in [6.45, 7) is 3.84. The van der Waals surface area contributed by atoms with Crippen LogP contribution in [0.4, 0.5) is 5.82 Å². The molecule has 1 amide bonds. The molecule has 32 heavy (non-hydrogen) atoms. The Morgan fingerprint density at radius 1 is 1.00 bits per heavy atom. The molecule has 2 aromatic carbocycles. The minimum atomic E-state index is -0.177. The lowest BCUT2D eigenvalue weighted by Gasteiger charge is -2.25. The number of hydrogen-bond donors (Lipinski definition) is 1. The molecule has 4 aromatic rings. The van der Waals surface area contributed by atoms with Crippen molar-refractivity contribution in [3.8, 4) is 23.0 Å². The molecule has 7 heteroatoms. The van der Waals surface area contributed by atoms with Crippen LogP contribution < -0.4 is 10.1 Å². The van der Waals surface area contributed by atoms with E-state index in [4.69, 9.17) is 9.84 Å². The van der Waals surface area contributed by atoms with Crippen molar-refractivity contribution in [2.45, 2.75) is 26.2 Å². The summed E-state index contributed by atoms with van der Waals surface area (Å²) in [6, 6.07) is 19.7. The average molecular weight is 425 g/mol. The molecule has 0 fully saturated rings. The molecule has 3 heterocycles. The highest BCUT2D eigenvalue weighted by atomic mass is 16.5. The molecule has 1 aliphatic heterocycles. The van der Waals surface area contributed by atoms with Crippen LogP contribution in [0.15, 0.2) is 60.7 Å². The Hall–Kier alpha value is -4.00. The Balaban J connectivity index is 1.78. The number of benzene rings is 2. The van der Waals surface area contributed by atoms with Crippen molar-refractivity contribution in [2.24, 2.45) is 0 Å². The number of aromatic nitrogens is 4. The molecule has 2 aromatic heterocycles. The minimum absolute atomic E-state index is 0.0737. The summed E-state index contributed by atoms with van der Waals surface area (Å²) in [6.07, 6.45) is 0.319. The van der Waals surface area contributed by atoms with E-state index in [1.54, 1.807) is 11.8 Å². The van der Waals surface area contributed by atoms with Gasteiger partial charge in [-0.25, -0.2) is 9.97 Å². The van der Waals surface area contributed by atoms with Gasteiger partial charge in [0.05, 0.1) is 12.8 Å². The van der Waals surface area contributed by atoms with E-state index in [-0.39, 0.29) is 11.8 Å². The predicted octanol–water partition coefficient (Wildman–Crippen LogP) is 4.43. The number of ether oxygens (including phenoxy) is 1. The molecule has 1 unspecified atom stereocenters. The standard InChI is InChI=1S/C25H23N5O2/c1-15-12-16(2)27-25(26-15)30-24-22(23(29-30)17-8-5-4-6-9-17)20(14-21(31)28-24)18-10-7-11-19(13-18)32-3/h4-13,20H,14H2,1-3H3,(H,28,31). The Morgan fingerprint density at radius 3 is 2.47 bits per heavy atom. The average Bonchev–Trinajstić information content (AvgIpc) is 3.18. The first-order chi connectivity index (χ1) is 15.5. The van der Waals surface area contributed by atoms with E-state index < -0.39 is 0 Å². The molecule has 0 saturated heterocycles. The molecule has 1 atom stereocenters. The highest BCUT2D eigenvalue weighted by Crippen LogP contribution is 2.44. The van der Waals surface area contributed by atoms with Gasteiger partial charge in [-0.15, -0.1) is 0 Å². The fourth-order valence-corrected chi connectivity index (χ4v) is 4.25. The molecule has 1 N–H and O–H groups in total. The van der Waals surface area contributed by atoms with Crippen LogP contribution in [0.3, 0.4) is 0 Å². The lowest BCUT2D eigenvalue weighted by molar-refractivity contribution is -0.116.